The third kappa shape index (κ3) is 4.48. The van der Waals surface area contributed by atoms with Gasteiger partial charge >= 0.3 is 0 Å². The number of methoxy groups -OCH3 is 1. The van der Waals surface area contributed by atoms with Crippen molar-refractivity contribution in [3.05, 3.63) is 28.2 Å². The molecule has 1 aromatic rings. The minimum absolute atomic E-state index is 0.757. The Bertz CT molecular complexity index is 392. The number of hydrogen-bond donors (Lipinski definition) is 1. The number of benzene rings is 1. The first-order chi connectivity index (χ1) is 9.31. The molecule has 3 nitrogen and oxygen atoms in total. The van der Waals surface area contributed by atoms with E-state index in [4.69, 9.17) is 4.74 Å². The zero-order valence-electron chi connectivity index (χ0n) is 11.6. The van der Waals surface area contributed by atoms with Gasteiger partial charge in [0.15, 0.2) is 0 Å². The first-order valence-electron chi connectivity index (χ1n) is 7.04. The zero-order chi connectivity index (χ0) is 13.5. The van der Waals surface area contributed by atoms with Crippen molar-refractivity contribution in [1.82, 2.24) is 5.32 Å². The number of halogens is 1. The molecule has 1 heterocycles. The topological polar surface area (TPSA) is 24.5 Å². The second kappa shape index (κ2) is 7.88. The number of nitrogens with zero attached hydrogens (tertiary/aromatic N) is 1. The molecule has 1 aromatic carbocycles. The molecular formula is C15H23BrN2O. The van der Waals surface area contributed by atoms with Crippen LogP contribution in [-0.4, -0.2) is 33.4 Å². The van der Waals surface area contributed by atoms with Crippen LogP contribution in [0.15, 0.2) is 22.7 Å². The molecule has 0 aromatic heterocycles. The van der Waals surface area contributed by atoms with Crippen LogP contribution < -0.4 is 10.2 Å². The monoisotopic (exact) mass is 326 g/mol. The SMILES string of the molecule is COCCNCc1ccc(N2CCCCC2)c(Br)c1. The Morgan fingerprint density at radius 1 is 1.26 bits per heavy atom. The van der Waals surface area contributed by atoms with Crippen LogP contribution in [0.4, 0.5) is 5.69 Å². The van der Waals surface area contributed by atoms with E-state index in [1.807, 2.05) is 0 Å². The van der Waals surface area contributed by atoms with Crippen molar-refractivity contribution in [3.63, 3.8) is 0 Å². The van der Waals surface area contributed by atoms with Gasteiger partial charge in [-0.3, -0.25) is 0 Å². The lowest BCUT2D eigenvalue weighted by atomic mass is 10.1. The molecule has 19 heavy (non-hydrogen) atoms. The van der Waals surface area contributed by atoms with E-state index < -0.39 is 0 Å². The van der Waals surface area contributed by atoms with E-state index in [-0.39, 0.29) is 0 Å². The molecule has 0 amide bonds. The average molecular weight is 327 g/mol. The first kappa shape index (κ1) is 14.8. The summed E-state index contributed by atoms with van der Waals surface area (Å²) in [6.07, 6.45) is 4.00. The van der Waals surface area contributed by atoms with Gasteiger partial charge < -0.3 is 15.0 Å². The van der Waals surface area contributed by atoms with Gasteiger partial charge in [-0.05, 0) is 52.9 Å². The maximum Gasteiger partial charge on any atom is 0.0587 e. The Hall–Kier alpha value is -0.580. The van der Waals surface area contributed by atoms with Crippen molar-refractivity contribution in [1.29, 1.82) is 0 Å². The lowest BCUT2D eigenvalue weighted by Crippen LogP contribution is -2.29. The van der Waals surface area contributed by atoms with E-state index in [9.17, 15) is 0 Å². The number of anilines is 1. The summed E-state index contributed by atoms with van der Waals surface area (Å²) in [6, 6.07) is 6.68. The van der Waals surface area contributed by atoms with E-state index >= 15 is 0 Å². The maximum atomic E-state index is 5.02. The van der Waals surface area contributed by atoms with Crippen LogP contribution in [-0.2, 0) is 11.3 Å². The molecule has 0 atom stereocenters. The number of piperidine rings is 1. The van der Waals surface area contributed by atoms with Crippen molar-refractivity contribution in [2.24, 2.45) is 0 Å². The number of hydrogen-bond acceptors (Lipinski definition) is 3. The molecular weight excluding hydrogens is 304 g/mol. The zero-order valence-corrected chi connectivity index (χ0v) is 13.2. The van der Waals surface area contributed by atoms with Gasteiger partial charge in [0.1, 0.15) is 0 Å². The Morgan fingerprint density at radius 2 is 2.05 bits per heavy atom. The predicted octanol–water partition coefficient (Wildman–Crippen LogP) is 3.18. The van der Waals surface area contributed by atoms with Gasteiger partial charge in [-0.15, -0.1) is 0 Å². The number of nitrogens with one attached hydrogen (secondary N) is 1. The second-order valence-electron chi connectivity index (χ2n) is 5.00. The molecule has 2 rings (SSSR count). The third-order valence-electron chi connectivity index (χ3n) is 3.52. The second-order valence-corrected chi connectivity index (χ2v) is 5.86. The third-order valence-corrected chi connectivity index (χ3v) is 4.16. The standard InChI is InChI=1S/C15H23BrN2O/c1-19-10-7-17-12-13-5-6-15(14(16)11-13)18-8-3-2-4-9-18/h5-6,11,17H,2-4,7-10,12H2,1H3. The Balaban J connectivity index is 1.92. The minimum Gasteiger partial charge on any atom is -0.383 e. The highest BCUT2D eigenvalue weighted by Crippen LogP contribution is 2.29. The fraction of sp³-hybridized carbons (Fsp3) is 0.600. The highest BCUT2D eigenvalue weighted by Gasteiger charge is 2.13. The van der Waals surface area contributed by atoms with E-state index in [1.165, 1.54) is 48.1 Å². The molecule has 0 bridgehead atoms. The molecule has 0 unspecified atom stereocenters. The van der Waals surface area contributed by atoms with Crippen molar-refractivity contribution in [2.45, 2.75) is 25.8 Å². The van der Waals surface area contributed by atoms with Gasteiger partial charge in [-0.1, -0.05) is 6.07 Å². The van der Waals surface area contributed by atoms with Gasteiger partial charge in [0.25, 0.3) is 0 Å². The van der Waals surface area contributed by atoms with Gasteiger partial charge in [0, 0.05) is 37.8 Å². The van der Waals surface area contributed by atoms with Crippen molar-refractivity contribution < 1.29 is 4.74 Å². The highest BCUT2D eigenvalue weighted by molar-refractivity contribution is 9.10. The van der Waals surface area contributed by atoms with Crippen molar-refractivity contribution in [2.75, 3.05) is 38.3 Å². The Labute approximate surface area is 124 Å². The maximum absolute atomic E-state index is 5.02. The fourth-order valence-electron chi connectivity index (χ4n) is 2.46. The molecule has 0 radical (unpaired) electrons. The lowest BCUT2D eigenvalue weighted by molar-refractivity contribution is 0.199. The fourth-order valence-corrected chi connectivity index (χ4v) is 3.14. The largest absolute Gasteiger partial charge is 0.383 e. The summed E-state index contributed by atoms with van der Waals surface area (Å²) in [7, 11) is 1.73. The Morgan fingerprint density at radius 3 is 2.74 bits per heavy atom. The van der Waals surface area contributed by atoms with Crippen molar-refractivity contribution in [3.8, 4) is 0 Å². The van der Waals surface area contributed by atoms with Crippen LogP contribution in [0.1, 0.15) is 24.8 Å². The summed E-state index contributed by atoms with van der Waals surface area (Å²) in [5.41, 5.74) is 2.64. The van der Waals surface area contributed by atoms with Gasteiger partial charge in [-0.2, -0.15) is 0 Å². The van der Waals surface area contributed by atoms with E-state index in [0.29, 0.717) is 0 Å². The van der Waals surface area contributed by atoms with E-state index in [0.717, 1.165) is 19.7 Å². The molecule has 0 spiro atoms. The molecule has 106 valence electrons. The summed E-state index contributed by atoms with van der Waals surface area (Å²) in [6.45, 7) is 4.91. The molecule has 1 aliphatic rings. The summed E-state index contributed by atoms with van der Waals surface area (Å²) >= 11 is 3.71. The molecule has 1 saturated heterocycles. The van der Waals surface area contributed by atoms with Crippen LogP contribution >= 0.6 is 15.9 Å². The minimum atomic E-state index is 0.757. The van der Waals surface area contributed by atoms with Gasteiger partial charge in [-0.25, -0.2) is 0 Å². The van der Waals surface area contributed by atoms with Crippen LogP contribution in [0.25, 0.3) is 0 Å². The van der Waals surface area contributed by atoms with E-state index in [2.05, 4.69) is 44.3 Å². The molecule has 1 aliphatic heterocycles. The highest BCUT2D eigenvalue weighted by atomic mass is 79.9. The number of rotatable bonds is 6. The summed E-state index contributed by atoms with van der Waals surface area (Å²) in [5.74, 6) is 0. The molecule has 0 saturated carbocycles. The van der Waals surface area contributed by atoms with Crippen LogP contribution in [0.5, 0.6) is 0 Å². The van der Waals surface area contributed by atoms with Crippen LogP contribution in [0, 0.1) is 0 Å². The summed E-state index contributed by atoms with van der Waals surface area (Å²) in [4.78, 5) is 2.48. The summed E-state index contributed by atoms with van der Waals surface area (Å²) in [5, 5.41) is 3.37. The number of ether oxygens (including phenoxy) is 1. The quantitative estimate of drug-likeness (QED) is 0.812. The van der Waals surface area contributed by atoms with Gasteiger partial charge in [0.2, 0.25) is 0 Å². The molecule has 0 aliphatic carbocycles. The van der Waals surface area contributed by atoms with E-state index in [1.54, 1.807) is 7.11 Å². The lowest BCUT2D eigenvalue weighted by Gasteiger charge is -2.29. The van der Waals surface area contributed by atoms with Crippen LogP contribution in [0.2, 0.25) is 0 Å². The van der Waals surface area contributed by atoms with Gasteiger partial charge in [0.05, 0.1) is 12.3 Å². The smallest absolute Gasteiger partial charge is 0.0587 e. The molecule has 1 N–H and O–H groups in total. The predicted molar refractivity (Wildman–Crippen MR) is 83.8 cm³/mol. The average Bonchev–Trinajstić information content (AvgIpc) is 2.45. The van der Waals surface area contributed by atoms with Crippen molar-refractivity contribution >= 4 is 21.6 Å². The molecule has 4 heteroatoms. The molecule has 1 fully saturated rings. The Kier molecular flexibility index (Phi) is 6.14. The first-order valence-corrected chi connectivity index (χ1v) is 7.83. The normalized spacial score (nSPS) is 15.8. The summed E-state index contributed by atoms with van der Waals surface area (Å²) < 4.78 is 6.23. The van der Waals surface area contributed by atoms with Crippen LogP contribution in [0.3, 0.4) is 0 Å².